The van der Waals surface area contributed by atoms with E-state index in [0.717, 1.165) is 5.56 Å². The molecule has 98 valence electrons. The molecular weight excluding hydrogens is 228 g/mol. The molecule has 3 nitrogen and oxygen atoms in total. The molecule has 0 aliphatic rings. The van der Waals surface area contributed by atoms with Crippen molar-refractivity contribution in [1.82, 2.24) is 5.32 Å². The van der Waals surface area contributed by atoms with Crippen molar-refractivity contribution in [2.75, 3.05) is 6.61 Å². The maximum atomic E-state index is 11.8. The van der Waals surface area contributed by atoms with Crippen LogP contribution in [0.25, 0.3) is 0 Å². The molecule has 0 unspecified atom stereocenters. The summed E-state index contributed by atoms with van der Waals surface area (Å²) < 4.78 is 33.6. The molecule has 1 aromatic rings. The van der Waals surface area contributed by atoms with Gasteiger partial charge in [0.1, 0.15) is 19.0 Å². The lowest BCUT2D eigenvalue weighted by atomic mass is 10.1. The van der Waals surface area contributed by atoms with Gasteiger partial charge in [0.2, 0.25) is 0 Å². The van der Waals surface area contributed by atoms with Crippen molar-refractivity contribution >= 4 is 0 Å². The first-order valence-electron chi connectivity index (χ1n) is 5.54. The van der Waals surface area contributed by atoms with Crippen LogP contribution in [0, 0.1) is 0 Å². The normalized spacial score (nSPS) is 12.4. The first-order chi connectivity index (χ1) is 7.87. The molecule has 1 rings (SSSR count). The van der Waals surface area contributed by atoms with Gasteiger partial charge in [-0.3, -0.25) is 0 Å². The SMILES string of the molecule is CC(C)(C)NCc1coc(COCC(F)F)c1. The highest BCUT2D eigenvalue weighted by Gasteiger charge is 2.10. The maximum absolute atomic E-state index is 11.8. The maximum Gasteiger partial charge on any atom is 0.261 e. The summed E-state index contributed by atoms with van der Waals surface area (Å²) in [4.78, 5) is 0. The summed E-state index contributed by atoms with van der Waals surface area (Å²) in [5.41, 5.74) is 1.01. The molecule has 0 bridgehead atoms. The number of ether oxygens (including phenoxy) is 1. The molecule has 0 aliphatic heterocycles. The van der Waals surface area contributed by atoms with Crippen molar-refractivity contribution in [2.45, 2.75) is 45.9 Å². The van der Waals surface area contributed by atoms with Gasteiger partial charge in [-0.15, -0.1) is 0 Å². The molecule has 17 heavy (non-hydrogen) atoms. The van der Waals surface area contributed by atoms with E-state index < -0.39 is 13.0 Å². The average Bonchev–Trinajstić information content (AvgIpc) is 2.61. The summed E-state index contributed by atoms with van der Waals surface area (Å²) >= 11 is 0. The number of halogens is 2. The highest BCUT2D eigenvalue weighted by Crippen LogP contribution is 2.11. The van der Waals surface area contributed by atoms with E-state index in [0.29, 0.717) is 12.3 Å². The van der Waals surface area contributed by atoms with Crippen LogP contribution >= 0.6 is 0 Å². The molecule has 5 heteroatoms. The number of nitrogens with one attached hydrogen (secondary N) is 1. The molecule has 0 spiro atoms. The molecule has 0 aromatic carbocycles. The smallest absolute Gasteiger partial charge is 0.261 e. The number of furan rings is 1. The fourth-order valence-electron chi connectivity index (χ4n) is 1.21. The lowest BCUT2D eigenvalue weighted by Crippen LogP contribution is -2.34. The molecule has 0 saturated carbocycles. The fourth-order valence-corrected chi connectivity index (χ4v) is 1.21. The van der Waals surface area contributed by atoms with Gasteiger partial charge in [-0.2, -0.15) is 0 Å². The molecule has 0 radical (unpaired) electrons. The summed E-state index contributed by atoms with van der Waals surface area (Å²) in [5.74, 6) is 0.566. The lowest BCUT2D eigenvalue weighted by Gasteiger charge is -2.19. The van der Waals surface area contributed by atoms with Gasteiger partial charge in [0.15, 0.2) is 0 Å². The standard InChI is InChI=1S/C12H19F2NO2/c1-12(2,3)15-5-9-4-10(17-6-9)7-16-8-11(13)14/h4,6,11,15H,5,7-8H2,1-3H3. The zero-order valence-electron chi connectivity index (χ0n) is 10.4. The lowest BCUT2D eigenvalue weighted by molar-refractivity contribution is 0.00453. The van der Waals surface area contributed by atoms with Crippen LogP contribution in [0.2, 0.25) is 0 Å². The minimum atomic E-state index is -2.44. The second-order valence-corrected chi connectivity index (χ2v) is 4.93. The van der Waals surface area contributed by atoms with Crippen molar-refractivity contribution in [3.05, 3.63) is 23.7 Å². The second kappa shape index (κ2) is 6.12. The van der Waals surface area contributed by atoms with Crippen LogP contribution < -0.4 is 5.32 Å². The largest absolute Gasteiger partial charge is 0.467 e. The Bertz CT molecular complexity index is 331. The molecule has 0 atom stereocenters. The molecule has 1 aromatic heterocycles. The molecule has 0 amide bonds. The topological polar surface area (TPSA) is 34.4 Å². The van der Waals surface area contributed by atoms with E-state index >= 15 is 0 Å². The molecule has 1 heterocycles. The Morgan fingerprint density at radius 3 is 2.71 bits per heavy atom. The van der Waals surface area contributed by atoms with Crippen molar-refractivity contribution in [1.29, 1.82) is 0 Å². The molecule has 0 aliphatic carbocycles. The number of hydrogen-bond acceptors (Lipinski definition) is 3. The van der Waals surface area contributed by atoms with Crippen molar-refractivity contribution < 1.29 is 17.9 Å². The Morgan fingerprint density at radius 2 is 2.12 bits per heavy atom. The van der Waals surface area contributed by atoms with Crippen LogP contribution in [0.3, 0.4) is 0 Å². The van der Waals surface area contributed by atoms with Gasteiger partial charge >= 0.3 is 0 Å². The minimum Gasteiger partial charge on any atom is -0.467 e. The van der Waals surface area contributed by atoms with Crippen LogP contribution in [0.5, 0.6) is 0 Å². The van der Waals surface area contributed by atoms with E-state index in [4.69, 9.17) is 9.15 Å². The zero-order chi connectivity index (χ0) is 12.9. The third-order valence-corrected chi connectivity index (χ3v) is 2.02. The predicted octanol–water partition coefficient (Wildman–Crippen LogP) is 2.95. The minimum absolute atomic E-state index is 0.0314. The van der Waals surface area contributed by atoms with Crippen LogP contribution in [0.1, 0.15) is 32.1 Å². The Kier molecular flexibility index (Phi) is 5.08. The van der Waals surface area contributed by atoms with Crippen molar-refractivity contribution in [3.8, 4) is 0 Å². The van der Waals surface area contributed by atoms with Gasteiger partial charge in [0.05, 0.1) is 6.26 Å². The first kappa shape index (κ1) is 14.1. The fraction of sp³-hybridized carbons (Fsp3) is 0.667. The zero-order valence-corrected chi connectivity index (χ0v) is 10.4. The van der Waals surface area contributed by atoms with Gasteiger partial charge in [0, 0.05) is 17.6 Å². The third kappa shape index (κ3) is 6.38. The summed E-state index contributed by atoms with van der Waals surface area (Å²) in [6.07, 6.45) is -0.827. The first-order valence-corrected chi connectivity index (χ1v) is 5.54. The highest BCUT2D eigenvalue weighted by molar-refractivity contribution is 5.12. The average molecular weight is 247 g/mol. The molecule has 0 fully saturated rings. The van der Waals surface area contributed by atoms with Gasteiger partial charge in [-0.25, -0.2) is 8.78 Å². The van der Waals surface area contributed by atoms with E-state index in [1.807, 2.05) is 6.07 Å². The molecule has 1 N–H and O–H groups in total. The predicted molar refractivity (Wildman–Crippen MR) is 61.0 cm³/mol. The monoisotopic (exact) mass is 247 g/mol. The van der Waals surface area contributed by atoms with Gasteiger partial charge in [-0.1, -0.05) is 0 Å². The van der Waals surface area contributed by atoms with Gasteiger partial charge in [-0.05, 0) is 26.8 Å². The van der Waals surface area contributed by atoms with Crippen LogP contribution in [-0.2, 0) is 17.9 Å². The Hall–Kier alpha value is -0.940. The van der Waals surface area contributed by atoms with E-state index in [-0.39, 0.29) is 12.1 Å². The number of rotatable bonds is 6. The van der Waals surface area contributed by atoms with Gasteiger partial charge < -0.3 is 14.5 Å². The highest BCUT2D eigenvalue weighted by atomic mass is 19.3. The number of hydrogen-bond donors (Lipinski definition) is 1. The Labute approximate surface area is 100 Å². The number of alkyl halides is 2. The summed E-state index contributed by atoms with van der Waals surface area (Å²) in [6.45, 7) is 6.41. The summed E-state index contributed by atoms with van der Waals surface area (Å²) in [7, 11) is 0. The molecular formula is C12H19F2NO2. The van der Waals surface area contributed by atoms with Crippen molar-refractivity contribution in [3.63, 3.8) is 0 Å². The third-order valence-electron chi connectivity index (χ3n) is 2.02. The Balaban J connectivity index is 2.32. The van der Waals surface area contributed by atoms with E-state index in [9.17, 15) is 8.78 Å². The van der Waals surface area contributed by atoms with E-state index in [1.54, 1.807) is 6.26 Å². The quantitative estimate of drug-likeness (QED) is 0.839. The van der Waals surface area contributed by atoms with Crippen LogP contribution in [0.15, 0.2) is 16.7 Å². The van der Waals surface area contributed by atoms with Crippen LogP contribution in [0.4, 0.5) is 8.78 Å². The van der Waals surface area contributed by atoms with E-state index in [1.165, 1.54) is 0 Å². The summed E-state index contributed by atoms with van der Waals surface area (Å²) in [5, 5.41) is 3.30. The Morgan fingerprint density at radius 1 is 1.41 bits per heavy atom. The van der Waals surface area contributed by atoms with E-state index in [2.05, 4.69) is 26.1 Å². The second-order valence-electron chi connectivity index (χ2n) is 4.93. The van der Waals surface area contributed by atoms with Gasteiger partial charge in [0.25, 0.3) is 6.43 Å². The summed E-state index contributed by atoms with van der Waals surface area (Å²) in [6, 6.07) is 1.81. The molecule has 0 saturated heterocycles. The van der Waals surface area contributed by atoms with Crippen molar-refractivity contribution in [2.24, 2.45) is 0 Å². The van der Waals surface area contributed by atoms with Crippen LogP contribution in [-0.4, -0.2) is 18.6 Å².